The van der Waals surface area contributed by atoms with Gasteiger partial charge in [-0.05, 0) is 19.8 Å². The monoisotopic (exact) mass is 251 g/mol. The van der Waals surface area contributed by atoms with Gasteiger partial charge in [-0.1, -0.05) is 25.7 Å². The van der Waals surface area contributed by atoms with Crippen molar-refractivity contribution in [2.24, 2.45) is 7.05 Å². The lowest BCUT2D eigenvalue weighted by molar-refractivity contribution is 0.0511. The van der Waals surface area contributed by atoms with Crippen LogP contribution in [0, 0.1) is 0 Å². The third-order valence-corrected chi connectivity index (χ3v) is 3.48. The molecule has 1 saturated carbocycles. The average Bonchev–Trinajstić information content (AvgIpc) is 2.58. The number of carbonyl (C=O) groups excluding carboxylic acids is 1. The third-order valence-electron chi connectivity index (χ3n) is 3.48. The fourth-order valence-electron chi connectivity index (χ4n) is 2.57. The summed E-state index contributed by atoms with van der Waals surface area (Å²) in [6.45, 7) is 2.14. The van der Waals surface area contributed by atoms with E-state index in [1.807, 2.05) is 7.05 Å². The molecule has 100 valence electrons. The highest BCUT2D eigenvalue weighted by molar-refractivity contribution is 5.84. The van der Waals surface area contributed by atoms with Gasteiger partial charge >= 0.3 is 5.97 Å². The molecule has 0 bridgehead atoms. The lowest BCUT2D eigenvalue weighted by atomic mass is 10.00. The van der Waals surface area contributed by atoms with Gasteiger partial charge in [-0.25, -0.2) is 9.78 Å². The predicted octanol–water partition coefficient (Wildman–Crippen LogP) is 2.43. The van der Waals surface area contributed by atoms with Crippen molar-refractivity contribution >= 4 is 5.97 Å². The van der Waals surface area contributed by atoms with Crippen LogP contribution in [0.3, 0.4) is 0 Å². The predicted molar refractivity (Wildman–Crippen MR) is 67.4 cm³/mol. The second-order valence-corrected chi connectivity index (χ2v) is 4.83. The molecular formula is C13H21N3O2. The van der Waals surface area contributed by atoms with Crippen LogP contribution >= 0.6 is 0 Å². The quantitative estimate of drug-likeness (QED) is 0.611. The van der Waals surface area contributed by atoms with E-state index >= 15 is 0 Å². The van der Waals surface area contributed by atoms with E-state index in [0.29, 0.717) is 12.5 Å². The minimum atomic E-state index is -0.423. The van der Waals surface area contributed by atoms with Gasteiger partial charge in [0.2, 0.25) is 0 Å². The summed E-state index contributed by atoms with van der Waals surface area (Å²) in [7, 11) is 1.86. The van der Waals surface area contributed by atoms with Crippen LogP contribution in [0.1, 0.15) is 67.8 Å². The molecule has 1 fully saturated rings. The number of rotatable bonds is 3. The molecule has 0 amide bonds. The minimum absolute atomic E-state index is 0.193. The molecule has 2 rings (SSSR count). The molecule has 1 aromatic rings. The molecule has 5 heteroatoms. The molecular weight excluding hydrogens is 230 g/mol. The van der Waals surface area contributed by atoms with Gasteiger partial charge in [0.25, 0.3) is 5.82 Å². The van der Waals surface area contributed by atoms with Crippen LogP contribution in [-0.4, -0.2) is 27.3 Å². The summed E-state index contributed by atoms with van der Waals surface area (Å²) in [6, 6.07) is 0. The van der Waals surface area contributed by atoms with Crippen LogP contribution < -0.4 is 0 Å². The van der Waals surface area contributed by atoms with Crippen molar-refractivity contribution in [3.05, 3.63) is 11.6 Å². The van der Waals surface area contributed by atoms with Crippen molar-refractivity contribution in [3.8, 4) is 0 Å². The number of aromatic nitrogens is 3. The second kappa shape index (κ2) is 5.98. The Morgan fingerprint density at radius 3 is 2.61 bits per heavy atom. The van der Waals surface area contributed by atoms with Crippen molar-refractivity contribution in [1.82, 2.24) is 14.8 Å². The van der Waals surface area contributed by atoms with Crippen LogP contribution in [0.2, 0.25) is 0 Å². The summed E-state index contributed by atoms with van der Waals surface area (Å²) in [5, 5.41) is 4.17. The SMILES string of the molecule is CCOC(=O)c1nc(C2CCCCCC2)n(C)n1. The highest BCUT2D eigenvalue weighted by atomic mass is 16.5. The Hall–Kier alpha value is -1.39. The Balaban J connectivity index is 2.14. The van der Waals surface area contributed by atoms with Crippen molar-refractivity contribution in [2.45, 2.75) is 51.4 Å². The number of hydrogen-bond acceptors (Lipinski definition) is 4. The Morgan fingerprint density at radius 1 is 1.33 bits per heavy atom. The van der Waals surface area contributed by atoms with Gasteiger partial charge < -0.3 is 4.74 Å². The lowest BCUT2D eigenvalue weighted by Gasteiger charge is -2.11. The second-order valence-electron chi connectivity index (χ2n) is 4.83. The van der Waals surface area contributed by atoms with E-state index in [1.165, 1.54) is 25.7 Å². The summed E-state index contributed by atoms with van der Waals surface area (Å²) >= 11 is 0. The molecule has 0 saturated heterocycles. The van der Waals surface area contributed by atoms with E-state index in [4.69, 9.17) is 4.74 Å². The molecule has 5 nitrogen and oxygen atoms in total. The molecule has 1 aliphatic rings. The number of esters is 1. The number of aryl methyl sites for hydroxylation is 1. The van der Waals surface area contributed by atoms with E-state index in [9.17, 15) is 4.79 Å². The molecule has 1 aromatic heterocycles. The van der Waals surface area contributed by atoms with E-state index < -0.39 is 5.97 Å². The summed E-state index contributed by atoms with van der Waals surface area (Å²) < 4.78 is 6.67. The molecule has 0 atom stereocenters. The van der Waals surface area contributed by atoms with Gasteiger partial charge in [0.05, 0.1) is 6.61 Å². The normalized spacial score (nSPS) is 17.4. The summed E-state index contributed by atoms with van der Waals surface area (Å²) in [4.78, 5) is 16.0. The maximum atomic E-state index is 11.6. The van der Waals surface area contributed by atoms with Gasteiger partial charge in [-0.3, -0.25) is 4.68 Å². The van der Waals surface area contributed by atoms with Crippen molar-refractivity contribution in [2.75, 3.05) is 6.61 Å². The number of ether oxygens (including phenoxy) is 1. The molecule has 0 spiro atoms. The van der Waals surface area contributed by atoms with Crippen LogP contribution in [0.25, 0.3) is 0 Å². The zero-order valence-corrected chi connectivity index (χ0v) is 11.2. The van der Waals surface area contributed by atoms with Crippen LogP contribution in [0.15, 0.2) is 0 Å². The van der Waals surface area contributed by atoms with Gasteiger partial charge in [0.1, 0.15) is 5.82 Å². The van der Waals surface area contributed by atoms with E-state index in [2.05, 4.69) is 10.1 Å². The van der Waals surface area contributed by atoms with E-state index in [0.717, 1.165) is 18.7 Å². The Bertz CT molecular complexity index is 406. The Kier molecular flexibility index (Phi) is 4.33. The zero-order chi connectivity index (χ0) is 13.0. The van der Waals surface area contributed by atoms with Gasteiger partial charge in [-0.15, -0.1) is 5.10 Å². The summed E-state index contributed by atoms with van der Waals surface area (Å²) in [5.41, 5.74) is 0. The number of carbonyl (C=O) groups is 1. The number of hydrogen-bond donors (Lipinski definition) is 0. The van der Waals surface area contributed by atoms with Crippen molar-refractivity contribution in [1.29, 1.82) is 0 Å². The highest BCUT2D eigenvalue weighted by Gasteiger charge is 2.23. The molecule has 0 radical (unpaired) electrons. The first-order chi connectivity index (χ1) is 8.72. The molecule has 18 heavy (non-hydrogen) atoms. The number of nitrogens with zero attached hydrogens (tertiary/aromatic N) is 3. The van der Waals surface area contributed by atoms with Crippen LogP contribution in [0.5, 0.6) is 0 Å². The van der Waals surface area contributed by atoms with Crippen LogP contribution in [0.4, 0.5) is 0 Å². The van der Waals surface area contributed by atoms with Crippen molar-refractivity contribution in [3.63, 3.8) is 0 Å². The first-order valence-electron chi connectivity index (χ1n) is 6.80. The molecule has 0 unspecified atom stereocenters. The average molecular weight is 251 g/mol. The maximum absolute atomic E-state index is 11.6. The largest absolute Gasteiger partial charge is 0.460 e. The topological polar surface area (TPSA) is 57.0 Å². The zero-order valence-electron chi connectivity index (χ0n) is 11.2. The van der Waals surface area contributed by atoms with E-state index in [1.54, 1.807) is 11.6 Å². The summed E-state index contributed by atoms with van der Waals surface area (Å²) in [6.07, 6.45) is 7.39. The van der Waals surface area contributed by atoms with E-state index in [-0.39, 0.29) is 5.82 Å². The van der Waals surface area contributed by atoms with Gasteiger partial charge in [-0.2, -0.15) is 0 Å². The van der Waals surface area contributed by atoms with Gasteiger partial charge in [0.15, 0.2) is 0 Å². The maximum Gasteiger partial charge on any atom is 0.378 e. The highest BCUT2D eigenvalue weighted by Crippen LogP contribution is 2.30. The molecule has 0 N–H and O–H groups in total. The smallest absolute Gasteiger partial charge is 0.378 e. The van der Waals surface area contributed by atoms with Gasteiger partial charge in [0, 0.05) is 13.0 Å². The Morgan fingerprint density at radius 2 is 2.00 bits per heavy atom. The fourth-order valence-corrected chi connectivity index (χ4v) is 2.57. The first kappa shape index (κ1) is 13.1. The standard InChI is InChI=1S/C13H21N3O2/c1-3-18-13(17)11-14-12(16(2)15-11)10-8-6-4-5-7-9-10/h10H,3-9H2,1-2H3. The Labute approximate surface area is 108 Å². The minimum Gasteiger partial charge on any atom is -0.460 e. The molecule has 0 aliphatic heterocycles. The molecule has 1 aliphatic carbocycles. The lowest BCUT2D eigenvalue weighted by Crippen LogP contribution is -2.07. The fraction of sp³-hybridized carbons (Fsp3) is 0.769. The third kappa shape index (κ3) is 2.89. The first-order valence-corrected chi connectivity index (χ1v) is 6.80. The summed E-state index contributed by atoms with van der Waals surface area (Å²) in [5.74, 6) is 1.14. The van der Waals surface area contributed by atoms with Crippen molar-refractivity contribution < 1.29 is 9.53 Å². The molecule has 1 heterocycles. The molecule has 0 aromatic carbocycles. The van der Waals surface area contributed by atoms with Crippen LogP contribution in [-0.2, 0) is 11.8 Å².